The highest BCUT2D eigenvalue weighted by Gasteiger charge is 2.18. The van der Waals surface area contributed by atoms with E-state index in [1.807, 2.05) is 41.1 Å². The first-order chi connectivity index (χ1) is 15.7. The largest absolute Gasteiger partial charge is 0.493 e. The number of carbonyl (C=O) groups excluding carboxylic acids is 1. The molecule has 1 aliphatic heterocycles. The van der Waals surface area contributed by atoms with Crippen LogP contribution in [0.5, 0.6) is 11.5 Å². The monoisotopic (exact) mass is 436 g/mol. The number of benzene rings is 2. The number of morpholine rings is 1. The van der Waals surface area contributed by atoms with Crippen molar-refractivity contribution in [3.05, 3.63) is 72.3 Å². The number of methoxy groups -OCH3 is 1. The van der Waals surface area contributed by atoms with Crippen LogP contribution < -0.4 is 14.8 Å². The average molecular weight is 437 g/mol. The van der Waals surface area contributed by atoms with Crippen molar-refractivity contribution in [2.24, 2.45) is 0 Å². The molecule has 2 aromatic carbocycles. The van der Waals surface area contributed by atoms with E-state index in [4.69, 9.17) is 14.2 Å². The summed E-state index contributed by atoms with van der Waals surface area (Å²) in [4.78, 5) is 18.2. The van der Waals surface area contributed by atoms with Crippen LogP contribution >= 0.6 is 0 Å². The highest BCUT2D eigenvalue weighted by molar-refractivity contribution is 5.78. The predicted molar refractivity (Wildman–Crippen MR) is 120 cm³/mol. The first-order valence-corrected chi connectivity index (χ1v) is 10.7. The number of aromatic nitrogens is 2. The molecule has 1 saturated heterocycles. The Morgan fingerprint density at radius 2 is 1.97 bits per heavy atom. The van der Waals surface area contributed by atoms with Crippen LogP contribution in [0.15, 0.2) is 61.2 Å². The lowest BCUT2D eigenvalue weighted by Crippen LogP contribution is -2.43. The summed E-state index contributed by atoms with van der Waals surface area (Å²) in [5.41, 5.74) is 3.34. The maximum atomic E-state index is 12.3. The van der Waals surface area contributed by atoms with Crippen molar-refractivity contribution in [1.29, 1.82) is 0 Å². The number of nitrogens with zero attached hydrogens (tertiary/aromatic N) is 3. The molecule has 4 rings (SSSR count). The molecule has 0 radical (unpaired) electrons. The smallest absolute Gasteiger partial charge is 0.260 e. The standard InChI is InChI=1S/C24H28N4O4/c1-30-23-14-19(6-7-22(23)32-17-24(29)27-10-12-31-13-11-27)15-26-16-20-4-2-3-5-21(20)28-9-8-25-18-28/h2-9,14,18,26H,10-13,15-17H2,1H3. The van der Waals surface area contributed by atoms with Crippen LogP contribution in [0.2, 0.25) is 0 Å². The Labute approximate surface area is 187 Å². The Morgan fingerprint density at radius 1 is 1.12 bits per heavy atom. The van der Waals surface area contributed by atoms with Crippen molar-refractivity contribution in [3.63, 3.8) is 0 Å². The molecular weight excluding hydrogens is 408 g/mol. The van der Waals surface area contributed by atoms with E-state index >= 15 is 0 Å². The second kappa shape index (κ2) is 10.8. The van der Waals surface area contributed by atoms with E-state index in [9.17, 15) is 4.79 Å². The first-order valence-electron chi connectivity index (χ1n) is 10.7. The molecule has 2 heterocycles. The Kier molecular flexibility index (Phi) is 7.37. The SMILES string of the molecule is COc1cc(CNCc2ccccc2-n2ccnc2)ccc1OCC(=O)N1CCOCC1. The van der Waals surface area contributed by atoms with Gasteiger partial charge in [-0.25, -0.2) is 4.98 Å². The molecule has 1 fully saturated rings. The van der Waals surface area contributed by atoms with Crippen molar-refractivity contribution >= 4 is 5.91 Å². The molecule has 0 unspecified atom stereocenters. The number of carbonyl (C=O) groups is 1. The summed E-state index contributed by atoms with van der Waals surface area (Å²) in [6.45, 7) is 3.72. The van der Waals surface area contributed by atoms with E-state index in [1.54, 1.807) is 24.5 Å². The molecule has 0 saturated carbocycles. The van der Waals surface area contributed by atoms with Crippen LogP contribution in [0.4, 0.5) is 0 Å². The van der Waals surface area contributed by atoms with Gasteiger partial charge in [-0.3, -0.25) is 4.79 Å². The quantitative estimate of drug-likeness (QED) is 0.555. The lowest BCUT2D eigenvalue weighted by Gasteiger charge is -2.26. The number of nitrogens with one attached hydrogen (secondary N) is 1. The Morgan fingerprint density at radius 3 is 2.75 bits per heavy atom. The van der Waals surface area contributed by atoms with Gasteiger partial charge in [-0.15, -0.1) is 0 Å². The fourth-order valence-corrected chi connectivity index (χ4v) is 3.64. The lowest BCUT2D eigenvalue weighted by molar-refractivity contribution is -0.137. The Bertz CT molecular complexity index is 1020. The third kappa shape index (κ3) is 5.46. The van der Waals surface area contributed by atoms with Crippen LogP contribution in [0.25, 0.3) is 5.69 Å². The fourth-order valence-electron chi connectivity index (χ4n) is 3.64. The summed E-state index contributed by atoms with van der Waals surface area (Å²) < 4.78 is 18.5. The Balaban J connectivity index is 1.33. The minimum atomic E-state index is -0.0438. The van der Waals surface area contributed by atoms with Gasteiger partial charge >= 0.3 is 0 Å². The van der Waals surface area contributed by atoms with Gasteiger partial charge in [-0.1, -0.05) is 24.3 Å². The summed E-state index contributed by atoms with van der Waals surface area (Å²) in [6.07, 6.45) is 5.51. The maximum absolute atomic E-state index is 12.3. The second-order valence-corrected chi connectivity index (χ2v) is 7.47. The van der Waals surface area contributed by atoms with E-state index < -0.39 is 0 Å². The zero-order valence-corrected chi connectivity index (χ0v) is 18.2. The van der Waals surface area contributed by atoms with Gasteiger partial charge in [0.15, 0.2) is 18.1 Å². The van der Waals surface area contributed by atoms with E-state index in [-0.39, 0.29) is 12.5 Å². The van der Waals surface area contributed by atoms with Crippen molar-refractivity contribution in [3.8, 4) is 17.2 Å². The second-order valence-electron chi connectivity index (χ2n) is 7.47. The van der Waals surface area contributed by atoms with Crippen LogP contribution in [0.1, 0.15) is 11.1 Å². The summed E-state index contributed by atoms with van der Waals surface area (Å²) in [6, 6.07) is 14.0. The highest BCUT2D eigenvalue weighted by atomic mass is 16.5. The zero-order chi connectivity index (χ0) is 22.2. The zero-order valence-electron chi connectivity index (χ0n) is 18.2. The molecule has 1 aliphatic rings. The molecule has 0 bridgehead atoms. The molecule has 0 atom stereocenters. The van der Waals surface area contributed by atoms with Crippen molar-refractivity contribution in [2.75, 3.05) is 40.0 Å². The van der Waals surface area contributed by atoms with E-state index in [0.717, 1.165) is 11.3 Å². The number of rotatable bonds is 9. The number of amides is 1. The predicted octanol–water partition coefficient (Wildman–Crippen LogP) is 2.41. The normalized spacial score (nSPS) is 13.7. The molecule has 168 valence electrons. The van der Waals surface area contributed by atoms with Gasteiger partial charge in [0.1, 0.15) is 0 Å². The minimum Gasteiger partial charge on any atom is -0.493 e. The van der Waals surface area contributed by atoms with E-state index in [1.165, 1.54) is 5.56 Å². The van der Waals surface area contributed by atoms with Crippen LogP contribution in [-0.4, -0.2) is 60.4 Å². The maximum Gasteiger partial charge on any atom is 0.260 e. The van der Waals surface area contributed by atoms with E-state index in [2.05, 4.69) is 22.4 Å². The number of hydrogen-bond acceptors (Lipinski definition) is 6. The van der Waals surface area contributed by atoms with E-state index in [0.29, 0.717) is 50.9 Å². The average Bonchev–Trinajstić information content (AvgIpc) is 3.38. The molecule has 0 aliphatic carbocycles. The topological polar surface area (TPSA) is 77.8 Å². The van der Waals surface area contributed by atoms with Gasteiger partial charge in [0.05, 0.1) is 32.3 Å². The molecule has 8 nitrogen and oxygen atoms in total. The fraction of sp³-hybridized carbons (Fsp3) is 0.333. The molecular formula is C24H28N4O4. The number of imidazole rings is 1. The summed E-state index contributed by atoms with van der Waals surface area (Å²) in [7, 11) is 1.60. The van der Waals surface area contributed by atoms with Gasteiger partial charge in [0, 0.05) is 38.6 Å². The van der Waals surface area contributed by atoms with Crippen LogP contribution in [0, 0.1) is 0 Å². The third-order valence-electron chi connectivity index (χ3n) is 5.36. The molecule has 1 N–H and O–H groups in total. The molecule has 1 amide bonds. The highest BCUT2D eigenvalue weighted by Crippen LogP contribution is 2.28. The summed E-state index contributed by atoms with van der Waals surface area (Å²) in [5.74, 6) is 1.12. The lowest BCUT2D eigenvalue weighted by atomic mass is 10.1. The van der Waals surface area contributed by atoms with Crippen molar-refractivity contribution in [2.45, 2.75) is 13.1 Å². The van der Waals surface area contributed by atoms with Gasteiger partial charge in [-0.2, -0.15) is 0 Å². The summed E-state index contributed by atoms with van der Waals surface area (Å²) >= 11 is 0. The first kappa shape index (κ1) is 21.9. The van der Waals surface area contributed by atoms with Crippen molar-refractivity contribution in [1.82, 2.24) is 19.8 Å². The molecule has 3 aromatic rings. The molecule has 1 aromatic heterocycles. The minimum absolute atomic E-state index is 0.0149. The summed E-state index contributed by atoms with van der Waals surface area (Å²) in [5, 5.41) is 3.48. The Hall–Kier alpha value is -3.36. The van der Waals surface area contributed by atoms with Crippen LogP contribution in [0.3, 0.4) is 0 Å². The number of para-hydroxylation sites is 1. The third-order valence-corrected chi connectivity index (χ3v) is 5.36. The number of hydrogen-bond donors (Lipinski definition) is 1. The van der Waals surface area contributed by atoms with Gasteiger partial charge in [-0.05, 0) is 29.3 Å². The van der Waals surface area contributed by atoms with Gasteiger partial charge in [0.2, 0.25) is 0 Å². The van der Waals surface area contributed by atoms with Gasteiger partial charge in [0.25, 0.3) is 5.91 Å². The van der Waals surface area contributed by atoms with Crippen molar-refractivity contribution < 1.29 is 19.0 Å². The van der Waals surface area contributed by atoms with Gasteiger partial charge < -0.3 is 29.0 Å². The molecule has 0 spiro atoms. The molecule has 32 heavy (non-hydrogen) atoms. The van der Waals surface area contributed by atoms with Crippen LogP contribution in [-0.2, 0) is 22.6 Å². The number of ether oxygens (including phenoxy) is 3. The molecule has 8 heteroatoms.